The van der Waals surface area contributed by atoms with E-state index < -0.39 is 6.10 Å². The highest BCUT2D eigenvalue weighted by Gasteiger charge is 2.34. The number of nitrogen functional groups attached to an aromatic ring is 1. The van der Waals surface area contributed by atoms with Gasteiger partial charge in [-0.2, -0.15) is 0 Å². The summed E-state index contributed by atoms with van der Waals surface area (Å²) in [6.45, 7) is 7.97. The summed E-state index contributed by atoms with van der Waals surface area (Å²) < 4.78 is 5.41. The molecule has 0 aromatic carbocycles. The Bertz CT molecular complexity index is 365. The quantitative estimate of drug-likeness (QED) is 0.845. The topological polar surface area (TPSA) is 68.4 Å². The van der Waals surface area contributed by atoms with E-state index in [1.54, 1.807) is 13.3 Å². The van der Waals surface area contributed by atoms with Gasteiger partial charge in [0.05, 0.1) is 6.10 Å². The monoisotopic (exact) mass is 238 g/mol. The van der Waals surface area contributed by atoms with E-state index in [4.69, 9.17) is 10.5 Å². The second-order valence-electron chi connectivity index (χ2n) is 5.39. The molecule has 17 heavy (non-hydrogen) atoms. The fourth-order valence-corrected chi connectivity index (χ4v) is 2.08. The Balaban J connectivity index is 3.15. The lowest BCUT2D eigenvalue weighted by atomic mass is 9.82. The average molecular weight is 238 g/mol. The Morgan fingerprint density at radius 2 is 2.00 bits per heavy atom. The van der Waals surface area contributed by atoms with Crippen LogP contribution in [0.1, 0.15) is 38.0 Å². The summed E-state index contributed by atoms with van der Waals surface area (Å²) in [5, 5.41) is 10.4. The molecule has 0 spiro atoms. The number of aryl methyl sites for hydroxylation is 1. The summed E-state index contributed by atoms with van der Waals surface area (Å²) >= 11 is 0. The Morgan fingerprint density at radius 1 is 1.41 bits per heavy atom. The Labute approximate surface area is 103 Å². The zero-order chi connectivity index (χ0) is 13.2. The lowest BCUT2D eigenvalue weighted by Gasteiger charge is -2.34. The van der Waals surface area contributed by atoms with Gasteiger partial charge in [-0.05, 0) is 24.0 Å². The molecule has 4 nitrogen and oxygen atoms in total. The summed E-state index contributed by atoms with van der Waals surface area (Å²) in [7, 11) is 1.60. The summed E-state index contributed by atoms with van der Waals surface area (Å²) in [5.41, 5.74) is 7.24. The van der Waals surface area contributed by atoms with Crippen molar-refractivity contribution in [2.75, 3.05) is 12.8 Å². The third-order valence-corrected chi connectivity index (χ3v) is 2.93. The number of pyridine rings is 1. The first-order chi connectivity index (χ1) is 7.79. The van der Waals surface area contributed by atoms with Crippen molar-refractivity contribution in [3.05, 3.63) is 23.4 Å². The number of methoxy groups -OCH3 is 1. The first kappa shape index (κ1) is 13.9. The van der Waals surface area contributed by atoms with Crippen LogP contribution in [-0.4, -0.2) is 23.3 Å². The van der Waals surface area contributed by atoms with Gasteiger partial charge in [0.2, 0.25) is 0 Å². The van der Waals surface area contributed by atoms with Crippen LogP contribution in [0.3, 0.4) is 0 Å². The number of ether oxygens (including phenoxy) is 1. The molecule has 1 aromatic rings. The van der Waals surface area contributed by atoms with E-state index in [0.717, 1.165) is 5.56 Å². The zero-order valence-corrected chi connectivity index (χ0v) is 11.2. The second-order valence-corrected chi connectivity index (χ2v) is 5.39. The number of hydrogen-bond donors (Lipinski definition) is 2. The first-order valence-electron chi connectivity index (χ1n) is 5.71. The van der Waals surface area contributed by atoms with Gasteiger partial charge in [-0.3, -0.25) is 0 Å². The predicted octanol–water partition coefficient (Wildman–Crippen LogP) is 2.07. The fraction of sp³-hybridized carbons (Fsp3) is 0.615. The molecule has 0 saturated carbocycles. The molecule has 0 fully saturated rings. The second kappa shape index (κ2) is 5.02. The lowest BCUT2D eigenvalue weighted by Crippen LogP contribution is -2.35. The maximum atomic E-state index is 10.4. The Hall–Kier alpha value is -1.13. The highest BCUT2D eigenvalue weighted by Crippen LogP contribution is 2.35. The van der Waals surface area contributed by atoms with Crippen LogP contribution in [0.25, 0.3) is 0 Å². The van der Waals surface area contributed by atoms with Crippen LogP contribution in [0.4, 0.5) is 5.82 Å². The first-order valence-corrected chi connectivity index (χ1v) is 5.71. The van der Waals surface area contributed by atoms with Crippen LogP contribution in [0, 0.1) is 12.3 Å². The Kier molecular flexibility index (Phi) is 4.11. The number of anilines is 1. The van der Waals surface area contributed by atoms with Crippen LogP contribution in [0.2, 0.25) is 0 Å². The van der Waals surface area contributed by atoms with Crippen molar-refractivity contribution in [1.29, 1.82) is 0 Å². The number of aromatic nitrogens is 1. The number of aliphatic hydroxyl groups excluding tert-OH is 1. The lowest BCUT2D eigenvalue weighted by molar-refractivity contribution is -0.0724. The highest BCUT2D eigenvalue weighted by molar-refractivity contribution is 5.45. The van der Waals surface area contributed by atoms with Gasteiger partial charge in [0.25, 0.3) is 0 Å². The van der Waals surface area contributed by atoms with Crippen molar-refractivity contribution in [2.45, 2.75) is 39.9 Å². The standard InChI is InChI=1S/C13H22N2O2/c1-8-6-7-15-12(14)9(8)10(16)11(17-5)13(2,3)4/h6-7,10-11,16H,1-5H3,(H2,14,15). The number of rotatable bonds is 3. The minimum absolute atomic E-state index is 0.178. The van der Waals surface area contributed by atoms with Gasteiger partial charge < -0.3 is 15.6 Å². The van der Waals surface area contributed by atoms with Crippen LogP contribution >= 0.6 is 0 Å². The molecule has 0 aliphatic rings. The summed E-state index contributed by atoms with van der Waals surface area (Å²) in [5.74, 6) is 0.365. The molecule has 0 amide bonds. The minimum Gasteiger partial charge on any atom is -0.386 e. The van der Waals surface area contributed by atoms with Crippen molar-refractivity contribution >= 4 is 5.82 Å². The van der Waals surface area contributed by atoms with E-state index in [1.165, 1.54) is 0 Å². The molecular formula is C13H22N2O2. The third kappa shape index (κ3) is 2.96. The van der Waals surface area contributed by atoms with E-state index in [0.29, 0.717) is 11.4 Å². The number of aliphatic hydroxyl groups is 1. The van der Waals surface area contributed by atoms with Crippen molar-refractivity contribution < 1.29 is 9.84 Å². The zero-order valence-electron chi connectivity index (χ0n) is 11.2. The average Bonchev–Trinajstić information content (AvgIpc) is 2.15. The van der Waals surface area contributed by atoms with Gasteiger partial charge in [-0.1, -0.05) is 20.8 Å². The maximum Gasteiger partial charge on any atom is 0.129 e. The Morgan fingerprint density at radius 3 is 2.41 bits per heavy atom. The third-order valence-electron chi connectivity index (χ3n) is 2.93. The predicted molar refractivity (Wildman–Crippen MR) is 68.6 cm³/mol. The van der Waals surface area contributed by atoms with Crippen molar-refractivity contribution in [3.63, 3.8) is 0 Å². The van der Waals surface area contributed by atoms with Crippen molar-refractivity contribution in [2.24, 2.45) is 5.41 Å². The highest BCUT2D eigenvalue weighted by atomic mass is 16.5. The van der Waals surface area contributed by atoms with Crippen molar-refractivity contribution in [1.82, 2.24) is 4.98 Å². The van der Waals surface area contributed by atoms with Crippen LogP contribution in [0.15, 0.2) is 12.3 Å². The maximum absolute atomic E-state index is 10.4. The minimum atomic E-state index is -0.770. The van der Waals surface area contributed by atoms with Crippen LogP contribution in [0.5, 0.6) is 0 Å². The number of nitrogens with two attached hydrogens (primary N) is 1. The van der Waals surface area contributed by atoms with Crippen LogP contribution < -0.4 is 5.73 Å². The summed E-state index contributed by atoms with van der Waals surface area (Å²) in [6.07, 6.45) is 0.543. The van der Waals surface area contributed by atoms with Gasteiger partial charge >= 0.3 is 0 Å². The number of hydrogen-bond acceptors (Lipinski definition) is 4. The van der Waals surface area contributed by atoms with Crippen LogP contribution in [-0.2, 0) is 4.74 Å². The SMILES string of the molecule is COC(C(O)c1c(C)ccnc1N)C(C)(C)C. The largest absolute Gasteiger partial charge is 0.386 e. The molecule has 0 aliphatic carbocycles. The molecule has 3 N–H and O–H groups in total. The van der Waals surface area contributed by atoms with E-state index in [1.807, 2.05) is 33.8 Å². The van der Waals surface area contributed by atoms with Gasteiger partial charge in [0, 0.05) is 18.9 Å². The fourth-order valence-electron chi connectivity index (χ4n) is 2.08. The molecule has 1 aromatic heterocycles. The molecule has 96 valence electrons. The molecule has 2 atom stereocenters. The molecule has 4 heteroatoms. The molecule has 0 aliphatic heterocycles. The molecular weight excluding hydrogens is 216 g/mol. The van der Waals surface area contributed by atoms with Gasteiger partial charge in [-0.25, -0.2) is 4.98 Å². The van der Waals surface area contributed by atoms with Gasteiger partial charge in [-0.15, -0.1) is 0 Å². The molecule has 1 rings (SSSR count). The van der Waals surface area contributed by atoms with Gasteiger partial charge in [0.15, 0.2) is 0 Å². The van der Waals surface area contributed by atoms with Gasteiger partial charge in [0.1, 0.15) is 11.9 Å². The molecule has 0 bridgehead atoms. The van der Waals surface area contributed by atoms with E-state index >= 15 is 0 Å². The molecule has 2 unspecified atom stereocenters. The van der Waals surface area contributed by atoms with Crippen molar-refractivity contribution in [3.8, 4) is 0 Å². The summed E-state index contributed by atoms with van der Waals surface area (Å²) in [6, 6.07) is 1.84. The number of nitrogens with zero attached hydrogens (tertiary/aromatic N) is 1. The smallest absolute Gasteiger partial charge is 0.129 e. The normalized spacial score (nSPS) is 15.6. The molecule has 1 heterocycles. The molecule has 0 radical (unpaired) electrons. The summed E-state index contributed by atoms with van der Waals surface area (Å²) in [4.78, 5) is 4.02. The van der Waals surface area contributed by atoms with E-state index in [9.17, 15) is 5.11 Å². The molecule has 0 saturated heterocycles. The van der Waals surface area contributed by atoms with E-state index in [2.05, 4.69) is 4.98 Å². The van der Waals surface area contributed by atoms with E-state index in [-0.39, 0.29) is 11.5 Å².